The van der Waals surface area contributed by atoms with Crippen LogP contribution in [0.1, 0.15) is 11.1 Å². The minimum Gasteiger partial charge on any atom is -0.422 e. The van der Waals surface area contributed by atoms with Crippen molar-refractivity contribution < 1.29 is 14.6 Å². The Morgan fingerprint density at radius 2 is 1.73 bits per heavy atom. The lowest BCUT2D eigenvalue weighted by Gasteiger charge is -2.06. The molecule has 78 valence electrons. The van der Waals surface area contributed by atoms with Crippen molar-refractivity contribution in [2.24, 2.45) is 0 Å². The predicted octanol–water partition coefficient (Wildman–Crippen LogP) is 0.778. The summed E-state index contributed by atoms with van der Waals surface area (Å²) in [4.78, 5) is 11.4. The van der Waals surface area contributed by atoms with E-state index < -0.39 is 12.2 Å². The molecule has 0 spiro atoms. The molecule has 1 aromatic carbocycles. The highest BCUT2D eigenvalue weighted by molar-refractivity contribution is 5.80. The Morgan fingerprint density at radius 1 is 1.07 bits per heavy atom. The number of para-hydroxylation sites is 1. The van der Waals surface area contributed by atoms with Gasteiger partial charge in [0.15, 0.2) is 0 Å². The van der Waals surface area contributed by atoms with E-state index in [0.717, 1.165) is 0 Å². The van der Waals surface area contributed by atoms with Crippen LogP contribution in [0.5, 0.6) is 0 Å². The van der Waals surface area contributed by atoms with Gasteiger partial charge in [0.2, 0.25) is 0 Å². The molecule has 0 aliphatic rings. The van der Waals surface area contributed by atoms with Crippen LogP contribution in [0, 0.1) is 0 Å². The zero-order valence-corrected chi connectivity index (χ0v) is 7.93. The second kappa shape index (κ2) is 3.84. The van der Waals surface area contributed by atoms with Gasteiger partial charge in [-0.05, 0) is 6.07 Å². The van der Waals surface area contributed by atoms with Gasteiger partial charge in [-0.1, -0.05) is 18.2 Å². The number of hydrogen-bond acceptors (Lipinski definition) is 4. The SMILES string of the molecule is O=c1oc2ccccc2c(CO)c1CO. The molecule has 4 heteroatoms. The molecule has 1 aromatic heterocycles. The van der Waals surface area contributed by atoms with Crippen molar-refractivity contribution in [3.63, 3.8) is 0 Å². The molecule has 1 heterocycles. The topological polar surface area (TPSA) is 70.7 Å². The summed E-state index contributed by atoms with van der Waals surface area (Å²) < 4.78 is 5.00. The lowest BCUT2D eigenvalue weighted by molar-refractivity contribution is 0.256. The summed E-state index contributed by atoms with van der Waals surface area (Å²) in [6.45, 7) is -0.717. The summed E-state index contributed by atoms with van der Waals surface area (Å²) in [5.74, 6) is 0. The van der Waals surface area contributed by atoms with Gasteiger partial charge in [-0.2, -0.15) is 0 Å². The van der Waals surface area contributed by atoms with Crippen molar-refractivity contribution >= 4 is 11.0 Å². The Kier molecular flexibility index (Phi) is 2.53. The number of fused-ring (bicyclic) bond motifs is 1. The molecule has 0 aliphatic heterocycles. The van der Waals surface area contributed by atoms with Crippen molar-refractivity contribution in [1.82, 2.24) is 0 Å². The maximum absolute atomic E-state index is 11.4. The quantitative estimate of drug-likeness (QED) is 0.712. The molecule has 0 fully saturated rings. The standard InChI is InChI=1S/C11H10O4/c12-5-8-7-3-1-2-4-10(7)15-11(14)9(8)6-13/h1-4,12-13H,5-6H2. The molecule has 0 unspecified atom stereocenters. The Morgan fingerprint density at radius 3 is 2.40 bits per heavy atom. The Labute approximate surface area is 85.4 Å². The largest absolute Gasteiger partial charge is 0.422 e. The number of rotatable bonds is 2. The molecular formula is C11H10O4. The van der Waals surface area contributed by atoms with Crippen molar-refractivity contribution in [2.45, 2.75) is 13.2 Å². The van der Waals surface area contributed by atoms with Crippen LogP contribution in [0.15, 0.2) is 33.5 Å². The van der Waals surface area contributed by atoms with Crippen LogP contribution in [0.3, 0.4) is 0 Å². The fraction of sp³-hybridized carbons (Fsp3) is 0.182. The second-order valence-electron chi connectivity index (χ2n) is 3.16. The molecule has 2 N–H and O–H groups in total. The minimum atomic E-state index is -0.597. The molecule has 0 aliphatic carbocycles. The molecule has 0 saturated heterocycles. The number of aliphatic hydroxyl groups excluding tert-OH is 2. The lowest BCUT2D eigenvalue weighted by Crippen LogP contribution is -2.11. The summed E-state index contributed by atoms with van der Waals surface area (Å²) in [7, 11) is 0. The van der Waals surface area contributed by atoms with Crippen molar-refractivity contribution in [3.8, 4) is 0 Å². The highest BCUT2D eigenvalue weighted by Crippen LogP contribution is 2.19. The van der Waals surface area contributed by atoms with E-state index in [1.807, 2.05) is 0 Å². The van der Waals surface area contributed by atoms with E-state index in [0.29, 0.717) is 16.5 Å². The van der Waals surface area contributed by atoms with Gasteiger partial charge in [-0.3, -0.25) is 0 Å². The van der Waals surface area contributed by atoms with E-state index >= 15 is 0 Å². The van der Waals surface area contributed by atoms with Crippen LogP contribution >= 0.6 is 0 Å². The monoisotopic (exact) mass is 206 g/mol. The maximum Gasteiger partial charge on any atom is 0.342 e. The molecular weight excluding hydrogens is 196 g/mol. The summed E-state index contributed by atoms with van der Waals surface area (Å²) >= 11 is 0. The van der Waals surface area contributed by atoms with Gasteiger partial charge in [0.25, 0.3) is 0 Å². The Hall–Kier alpha value is -1.65. The molecule has 2 aromatic rings. The van der Waals surface area contributed by atoms with Crippen LogP contribution in [0.4, 0.5) is 0 Å². The van der Waals surface area contributed by atoms with E-state index in [1.54, 1.807) is 24.3 Å². The molecule has 0 radical (unpaired) electrons. The molecule has 0 atom stereocenters. The van der Waals surface area contributed by atoms with Gasteiger partial charge < -0.3 is 14.6 Å². The van der Waals surface area contributed by atoms with E-state index in [1.165, 1.54) is 0 Å². The van der Waals surface area contributed by atoms with Gasteiger partial charge in [-0.15, -0.1) is 0 Å². The van der Waals surface area contributed by atoms with Crippen LogP contribution in [0.25, 0.3) is 11.0 Å². The summed E-state index contributed by atoms with van der Waals surface area (Å²) in [5, 5.41) is 18.9. The minimum absolute atomic E-state index is 0.121. The first-order valence-corrected chi connectivity index (χ1v) is 4.53. The summed E-state index contributed by atoms with van der Waals surface area (Å²) in [6.07, 6.45) is 0. The van der Waals surface area contributed by atoms with Crippen LogP contribution in [0.2, 0.25) is 0 Å². The average Bonchev–Trinajstić information content (AvgIpc) is 2.27. The highest BCUT2D eigenvalue weighted by atomic mass is 16.4. The van der Waals surface area contributed by atoms with E-state index in [9.17, 15) is 9.90 Å². The zero-order chi connectivity index (χ0) is 10.8. The van der Waals surface area contributed by atoms with Crippen molar-refractivity contribution in [2.75, 3.05) is 0 Å². The molecule has 0 saturated carbocycles. The smallest absolute Gasteiger partial charge is 0.342 e. The van der Waals surface area contributed by atoms with Crippen LogP contribution in [-0.2, 0) is 13.2 Å². The first-order chi connectivity index (χ1) is 7.27. The Balaban J connectivity index is 2.91. The second-order valence-corrected chi connectivity index (χ2v) is 3.16. The van der Waals surface area contributed by atoms with Crippen LogP contribution < -0.4 is 5.63 Å². The summed E-state index contributed by atoms with van der Waals surface area (Å²) in [6, 6.07) is 6.91. The molecule has 15 heavy (non-hydrogen) atoms. The first-order valence-electron chi connectivity index (χ1n) is 4.53. The maximum atomic E-state index is 11.4. The van der Waals surface area contributed by atoms with Crippen molar-refractivity contribution in [3.05, 3.63) is 45.8 Å². The fourth-order valence-corrected chi connectivity index (χ4v) is 1.59. The number of aliphatic hydroxyl groups is 2. The lowest BCUT2D eigenvalue weighted by atomic mass is 10.1. The third-order valence-electron chi connectivity index (χ3n) is 2.34. The predicted molar refractivity (Wildman–Crippen MR) is 54.3 cm³/mol. The van der Waals surface area contributed by atoms with Gasteiger partial charge in [0, 0.05) is 10.9 Å². The first kappa shape index (κ1) is 9.89. The van der Waals surface area contributed by atoms with Gasteiger partial charge in [0.05, 0.1) is 18.8 Å². The summed E-state index contributed by atoms with van der Waals surface area (Å²) in [5.41, 5.74) is 0.379. The highest BCUT2D eigenvalue weighted by Gasteiger charge is 2.12. The Bertz CT molecular complexity index is 542. The third kappa shape index (κ3) is 1.54. The van der Waals surface area contributed by atoms with Gasteiger partial charge in [0.1, 0.15) is 5.58 Å². The van der Waals surface area contributed by atoms with E-state index in [2.05, 4.69) is 0 Å². The van der Waals surface area contributed by atoms with E-state index in [4.69, 9.17) is 9.52 Å². The number of hydrogen-bond donors (Lipinski definition) is 2. The van der Waals surface area contributed by atoms with Gasteiger partial charge in [-0.25, -0.2) is 4.79 Å². The normalized spacial score (nSPS) is 10.8. The molecule has 0 amide bonds. The third-order valence-corrected chi connectivity index (χ3v) is 2.34. The molecule has 0 bridgehead atoms. The number of benzene rings is 1. The average molecular weight is 206 g/mol. The fourth-order valence-electron chi connectivity index (χ4n) is 1.59. The van der Waals surface area contributed by atoms with Gasteiger partial charge >= 0.3 is 5.63 Å². The zero-order valence-electron chi connectivity index (χ0n) is 7.93. The van der Waals surface area contributed by atoms with E-state index in [-0.39, 0.29) is 12.2 Å². The molecule has 4 nitrogen and oxygen atoms in total. The van der Waals surface area contributed by atoms with Crippen molar-refractivity contribution in [1.29, 1.82) is 0 Å². The molecule has 2 rings (SSSR count). The van der Waals surface area contributed by atoms with Crippen LogP contribution in [-0.4, -0.2) is 10.2 Å².